The molecule has 1 N–H and O–H groups in total. The highest BCUT2D eigenvalue weighted by atomic mass is 35.5. The summed E-state index contributed by atoms with van der Waals surface area (Å²) in [5, 5.41) is 3.04. The van der Waals surface area contributed by atoms with Crippen LogP contribution in [-0.2, 0) is 4.79 Å². The van der Waals surface area contributed by atoms with Gasteiger partial charge in [0.2, 0.25) is 0 Å². The lowest BCUT2D eigenvalue weighted by molar-refractivity contribution is 0.549. The maximum absolute atomic E-state index is 10.0. The van der Waals surface area contributed by atoms with Crippen molar-refractivity contribution >= 4 is 29.9 Å². The highest BCUT2D eigenvalue weighted by molar-refractivity contribution is 6.20. The first kappa shape index (κ1) is 9.83. The lowest BCUT2D eigenvalue weighted by Crippen LogP contribution is -2.26. The molecule has 0 aromatic carbocycles. The van der Waals surface area contributed by atoms with Crippen molar-refractivity contribution in [3.05, 3.63) is 5.70 Å². The maximum Gasteiger partial charge on any atom is 0.145 e. The Morgan fingerprint density at radius 2 is 2.40 bits per heavy atom. The number of piperidine rings is 1. The van der Waals surface area contributed by atoms with Crippen LogP contribution in [0.2, 0.25) is 0 Å². The van der Waals surface area contributed by atoms with E-state index in [1.165, 1.54) is 0 Å². The van der Waals surface area contributed by atoms with Crippen LogP contribution in [-0.4, -0.2) is 17.9 Å². The summed E-state index contributed by atoms with van der Waals surface area (Å²) in [7, 11) is 0. The molecule has 1 heterocycles. The molecule has 2 nitrogen and oxygen atoms in total. The van der Waals surface area contributed by atoms with Gasteiger partial charge in [-0.05, 0) is 6.42 Å². The van der Waals surface area contributed by atoms with Crippen LogP contribution in [0.25, 0.3) is 0 Å². The lowest BCUT2D eigenvalue weighted by atomic mass is 10.1. The Hall–Kier alpha value is -0.170. The maximum atomic E-state index is 10.0. The molecule has 0 bridgehead atoms. The molecule has 1 unspecified atom stereocenters. The quantitative estimate of drug-likeness (QED) is 0.449. The highest BCUT2D eigenvalue weighted by Gasteiger charge is 2.13. The Morgan fingerprint density at radius 1 is 1.70 bits per heavy atom. The van der Waals surface area contributed by atoms with E-state index >= 15 is 0 Å². The fourth-order valence-electron chi connectivity index (χ4n) is 0.853. The molecular formula is C6H9Cl2NO. The summed E-state index contributed by atoms with van der Waals surface area (Å²) < 4.78 is 0. The van der Waals surface area contributed by atoms with Gasteiger partial charge in [-0.2, -0.15) is 0 Å². The summed E-state index contributed by atoms with van der Waals surface area (Å²) in [5.41, 5.74) is 0.612. The summed E-state index contributed by atoms with van der Waals surface area (Å²) in [6.07, 6.45) is 1.58. The number of hydrogen-bond donors (Lipinski definition) is 1. The fraction of sp³-hybridized carbons (Fsp3) is 0.667. The second-order valence-corrected chi connectivity index (χ2v) is 2.71. The number of nitrogens with one attached hydrogen (secondary N) is 1. The van der Waals surface area contributed by atoms with Crippen LogP contribution in [0.3, 0.4) is 0 Å². The van der Waals surface area contributed by atoms with E-state index in [-0.39, 0.29) is 17.8 Å². The third-order valence-corrected chi connectivity index (χ3v) is 1.72. The SMILES string of the molecule is Cl.O=C=C1CC(Cl)CCN1. The predicted octanol–water partition coefficient (Wildman–Crippen LogP) is 1.11. The largest absolute Gasteiger partial charge is 0.379 e. The molecule has 0 spiro atoms. The number of halogens is 2. The topological polar surface area (TPSA) is 29.1 Å². The van der Waals surface area contributed by atoms with Gasteiger partial charge in [0.1, 0.15) is 5.94 Å². The second kappa shape index (κ2) is 4.62. The minimum Gasteiger partial charge on any atom is -0.379 e. The van der Waals surface area contributed by atoms with Gasteiger partial charge in [0.15, 0.2) is 0 Å². The Labute approximate surface area is 71.0 Å². The van der Waals surface area contributed by atoms with Crippen molar-refractivity contribution < 1.29 is 4.79 Å². The zero-order chi connectivity index (χ0) is 6.69. The van der Waals surface area contributed by atoms with Crippen LogP contribution in [0.1, 0.15) is 12.8 Å². The second-order valence-electron chi connectivity index (χ2n) is 2.10. The number of rotatable bonds is 0. The van der Waals surface area contributed by atoms with E-state index in [1.54, 1.807) is 5.94 Å². The first-order valence-electron chi connectivity index (χ1n) is 2.95. The molecule has 1 aliphatic rings. The van der Waals surface area contributed by atoms with Crippen molar-refractivity contribution in [1.82, 2.24) is 5.32 Å². The first-order valence-corrected chi connectivity index (χ1v) is 3.38. The van der Waals surface area contributed by atoms with Crippen molar-refractivity contribution in [3.63, 3.8) is 0 Å². The summed E-state index contributed by atoms with van der Waals surface area (Å²) in [6, 6.07) is 0. The number of hydrogen-bond acceptors (Lipinski definition) is 2. The Kier molecular flexibility index (Phi) is 4.54. The molecule has 1 aliphatic heterocycles. The van der Waals surface area contributed by atoms with Crippen LogP contribution in [0.15, 0.2) is 5.70 Å². The fourth-order valence-corrected chi connectivity index (χ4v) is 1.12. The predicted molar refractivity (Wildman–Crippen MR) is 43.3 cm³/mol. The molecule has 0 aromatic rings. The summed E-state index contributed by atoms with van der Waals surface area (Å²) in [6.45, 7) is 0.804. The van der Waals surface area contributed by atoms with Gasteiger partial charge in [-0.15, -0.1) is 24.0 Å². The average Bonchev–Trinajstić information content (AvgIpc) is 1.88. The Bertz CT molecular complexity index is 154. The molecule has 1 saturated heterocycles. The van der Waals surface area contributed by atoms with Crippen LogP contribution < -0.4 is 5.32 Å². The molecule has 0 radical (unpaired) electrons. The number of alkyl halides is 1. The minimum absolute atomic E-state index is 0. The van der Waals surface area contributed by atoms with Crippen LogP contribution in [0, 0.1) is 0 Å². The molecule has 1 atom stereocenters. The number of allylic oxidation sites excluding steroid dienone is 1. The molecular weight excluding hydrogens is 173 g/mol. The standard InChI is InChI=1S/C6H8ClNO.ClH/c7-5-1-2-8-6(3-5)4-9;/h5,8H,1-3H2;1H. The Morgan fingerprint density at radius 3 is 2.80 bits per heavy atom. The summed E-state index contributed by atoms with van der Waals surface area (Å²) in [4.78, 5) is 10.0. The van der Waals surface area contributed by atoms with E-state index in [2.05, 4.69) is 5.32 Å². The zero-order valence-corrected chi connectivity index (χ0v) is 6.97. The van der Waals surface area contributed by atoms with Crippen molar-refractivity contribution in [1.29, 1.82) is 0 Å². The van der Waals surface area contributed by atoms with Gasteiger partial charge in [0, 0.05) is 18.3 Å². The monoisotopic (exact) mass is 181 g/mol. The molecule has 0 aliphatic carbocycles. The van der Waals surface area contributed by atoms with E-state index in [0.29, 0.717) is 12.1 Å². The number of carbonyl (C=O) groups excluding carboxylic acids is 1. The normalized spacial score (nSPS) is 24.1. The molecule has 4 heteroatoms. The van der Waals surface area contributed by atoms with Gasteiger partial charge in [-0.3, -0.25) is 0 Å². The van der Waals surface area contributed by atoms with Crippen molar-refractivity contribution in [2.45, 2.75) is 18.2 Å². The third kappa shape index (κ3) is 2.61. The Balaban J connectivity index is 0.000000810. The van der Waals surface area contributed by atoms with E-state index in [0.717, 1.165) is 13.0 Å². The first-order chi connectivity index (χ1) is 4.33. The summed E-state index contributed by atoms with van der Waals surface area (Å²) >= 11 is 5.75. The highest BCUT2D eigenvalue weighted by Crippen LogP contribution is 2.14. The van der Waals surface area contributed by atoms with Crippen LogP contribution in [0.5, 0.6) is 0 Å². The summed E-state index contributed by atoms with van der Waals surface area (Å²) in [5.74, 6) is 1.81. The van der Waals surface area contributed by atoms with Gasteiger partial charge >= 0.3 is 0 Å². The third-order valence-electron chi connectivity index (χ3n) is 1.34. The van der Waals surface area contributed by atoms with Crippen molar-refractivity contribution in [3.8, 4) is 0 Å². The molecule has 1 rings (SSSR count). The van der Waals surface area contributed by atoms with Crippen molar-refractivity contribution in [2.24, 2.45) is 0 Å². The van der Waals surface area contributed by atoms with E-state index < -0.39 is 0 Å². The van der Waals surface area contributed by atoms with Crippen molar-refractivity contribution in [2.75, 3.05) is 6.54 Å². The average molecular weight is 182 g/mol. The lowest BCUT2D eigenvalue weighted by Gasteiger charge is -2.17. The van der Waals surface area contributed by atoms with Gasteiger partial charge in [-0.1, -0.05) is 0 Å². The van der Waals surface area contributed by atoms with Crippen LogP contribution in [0.4, 0.5) is 0 Å². The van der Waals surface area contributed by atoms with Gasteiger partial charge in [0.05, 0.1) is 5.70 Å². The minimum atomic E-state index is 0. The molecule has 0 saturated carbocycles. The molecule has 58 valence electrons. The molecule has 0 aromatic heterocycles. The van der Waals surface area contributed by atoms with E-state index in [9.17, 15) is 4.79 Å². The van der Waals surface area contributed by atoms with E-state index in [4.69, 9.17) is 11.6 Å². The van der Waals surface area contributed by atoms with Crippen LogP contribution >= 0.6 is 24.0 Å². The molecule has 0 amide bonds. The van der Waals surface area contributed by atoms with E-state index in [1.807, 2.05) is 0 Å². The molecule has 1 fully saturated rings. The van der Waals surface area contributed by atoms with Gasteiger partial charge in [-0.25, -0.2) is 4.79 Å². The molecule has 10 heavy (non-hydrogen) atoms. The smallest absolute Gasteiger partial charge is 0.145 e. The zero-order valence-electron chi connectivity index (χ0n) is 5.39. The van der Waals surface area contributed by atoms with Gasteiger partial charge in [0.25, 0.3) is 0 Å². The van der Waals surface area contributed by atoms with Gasteiger partial charge < -0.3 is 5.32 Å².